The van der Waals surface area contributed by atoms with Gasteiger partial charge in [-0.05, 0) is 11.3 Å². The summed E-state index contributed by atoms with van der Waals surface area (Å²) in [5, 5.41) is 20.4. The van der Waals surface area contributed by atoms with Crippen molar-refractivity contribution in [2.75, 3.05) is 5.32 Å². The zero-order valence-corrected chi connectivity index (χ0v) is 12.4. The van der Waals surface area contributed by atoms with Crippen molar-refractivity contribution in [1.29, 1.82) is 0 Å². The van der Waals surface area contributed by atoms with Crippen molar-refractivity contribution in [2.45, 2.75) is 19.9 Å². The summed E-state index contributed by atoms with van der Waals surface area (Å²) in [6.07, 6.45) is 4.38. The Kier molecular flexibility index (Phi) is 3.34. The van der Waals surface area contributed by atoms with E-state index in [0.29, 0.717) is 11.5 Å². The first kappa shape index (κ1) is 13.6. The van der Waals surface area contributed by atoms with E-state index in [-0.39, 0.29) is 11.6 Å². The fraction of sp³-hybridized carbons (Fsp3) is 0.333. The van der Waals surface area contributed by atoms with Crippen LogP contribution in [0.15, 0.2) is 17.8 Å². The second kappa shape index (κ2) is 5.17. The molecule has 1 N–H and O–H groups in total. The molecule has 0 fully saturated rings. The van der Waals surface area contributed by atoms with E-state index in [1.165, 1.54) is 15.7 Å². The van der Waals surface area contributed by atoms with Crippen molar-refractivity contribution in [1.82, 2.24) is 19.2 Å². The van der Waals surface area contributed by atoms with Gasteiger partial charge >= 0.3 is 5.82 Å². The Hall–Kier alpha value is -2.42. The van der Waals surface area contributed by atoms with Crippen molar-refractivity contribution in [3.8, 4) is 0 Å². The van der Waals surface area contributed by atoms with Gasteiger partial charge in [0.15, 0.2) is 0 Å². The molecule has 0 bridgehead atoms. The van der Waals surface area contributed by atoms with Gasteiger partial charge in [-0.25, -0.2) is 0 Å². The Morgan fingerprint density at radius 1 is 1.52 bits per heavy atom. The molecule has 0 spiro atoms. The van der Waals surface area contributed by atoms with E-state index in [1.807, 2.05) is 20.2 Å². The van der Waals surface area contributed by atoms with Crippen LogP contribution in [0.4, 0.5) is 11.6 Å². The van der Waals surface area contributed by atoms with Crippen LogP contribution >= 0.6 is 11.3 Å². The lowest BCUT2D eigenvalue weighted by Gasteiger charge is -2.03. The van der Waals surface area contributed by atoms with E-state index in [2.05, 4.69) is 15.4 Å². The van der Waals surface area contributed by atoms with Crippen LogP contribution in [0.3, 0.4) is 0 Å². The lowest BCUT2D eigenvalue weighted by molar-refractivity contribution is -0.389. The largest absolute Gasteiger partial charge is 0.372 e. The Morgan fingerprint density at radius 2 is 2.33 bits per heavy atom. The Balaban J connectivity index is 1.89. The van der Waals surface area contributed by atoms with E-state index in [1.54, 1.807) is 16.3 Å². The van der Waals surface area contributed by atoms with E-state index < -0.39 is 4.92 Å². The molecule has 8 nitrogen and oxygen atoms in total. The smallest absolute Gasteiger partial charge is 0.359 e. The van der Waals surface area contributed by atoms with Crippen LogP contribution in [-0.4, -0.2) is 24.1 Å². The highest BCUT2D eigenvalue weighted by molar-refractivity contribution is 7.15. The highest BCUT2D eigenvalue weighted by Crippen LogP contribution is 2.28. The Morgan fingerprint density at radius 3 is 3.05 bits per heavy atom. The molecule has 3 rings (SSSR count). The van der Waals surface area contributed by atoms with Crippen molar-refractivity contribution < 1.29 is 4.92 Å². The molecule has 0 saturated carbocycles. The van der Waals surface area contributed by atoms with Crippen LogP contribution in [0.5, 0.6) is 0 Å². The zero-order valence-electron chi connectivity index (χ0n) is 11.6. The molecule has 0 radical (unpaired) electrons. The third-order valence-electron chi connectivity index (χ3n) is 3.18. The minimum atomic E-state index is -0.418. The molecule has 3 aromatic heterocycles. The standard InChI is InChI=1S/C12H14N6O2S/c1-3-9-8(7-16(2)15-9)6-13-10-11(18(19)20)17-4-5-21-12(17)14-10/h4-5,7,13H,3,6H2,1-2H3. The SMILES string of the molecule is CCc1nn(C)cc1CNc1nc2sccn2c1[N+](=O)[O-]. The van der Waals surface area contributed by atoms with Crippen LogP contribution in [0.2, 0.25) is 0 Å². The van der Waals surface area contributed by atoms with Crippen LogP contribution < -0.4 is 5.32 Å². The summed E-state index contributed by atoms with van der Waals surface area (Å²) in [4.78, 5) is 15.7. The summed E-state index contributed by atoms with van der Waals surface area (Å²) in [7, 11) is 1.86. The molecule has 110 valence electrons. The second-order valence-electron chi connectivity index (χ2n) is 4.58. The third-order valence-corrected chi connectivity index (χ3v) is 3.94. The van der Waals surface area contributed by atoms with Gasteiger partial charge in [-0.3, -0.25) is 4.68 Å². The van der Waals surface area contributed by atoms with E-state index >= 15 is 0 Å². The normalized spacial score (nSPS) is 11.1. The summed E-state index contributed by atoms with van der Waals surface area (Å²) < 4.78 is 3.23. The highest BCUT2D eigenvalue weighted by atomic mass is 32.1. The van der Waals surface area contributed by atoms with Gasteiger partial charge in [0.25, 0.3) is 4.96 Å². The molecular weight excluding hydrogens is 292 g/mol. The van der Waals surface area contributed by atoms with Crippen molar-refractivity contribution in [3.05, 3.63) is 39.1 Å². The fourth-order valence-corrected chi connectivity index (χ4v) is 2.98. The minimum absolute atomic E-state index is 0.0341. The lowest BCUT2D eigenvalue weighted by Crippen LogP contribution is -2.04. The first-order chi connectivity index (χ1) is 10.1. The fourth-order valence-electron chi connectivity index (χ4n) is 2.27. The second-order valence-corrected chi connectivity index (χ2v) is 5.45. The number of hydrogen-bond acceptors (Lipinski definition) is 6. The number of hydrogen-bond donors (Lipinski definition) is 1. The van der Waals surface area contributed by atoms with Gasteiger partial charge in [-0.1, -0.05) is 18.3 Å². The van der Waals surface area contributed by atoms with Gasteiger partial charge in [0.1, 0.15) is 6.20 Å². The molecule has 0 atom stereocenters. The first-order valence-electron chi connectivity index (χ1n) is 6.45. The number of nitrogens with zero attached hydrogens (tertiary/aromatic N) is 5. The number of anilines is 1. The average molecular weight is 306 g/mol. The summed E-state index contributed by atoms with van der Waals surface area (Å²) in [5.74, 6) is 0.256. The predicted octanol–water partition coefficient (Wildman–Crippen LogP) is 2.21. The van der Waals surface area contributed by atoms with Crippen molar-refractivity contribution in [3.63, 3.8) is 0 Å². The maximum absolute atomic E-state index is 11.2. The maximum atomic E-state index is 11.2. The number of aromatic nitrogens is 4. The molecule has 9 heteroatoms. The molecule has 0 unspecified atom stereocenters. The molecule has 0 saturated heterocycles. The quantitative estimate of drug-likeness (QED) is 0.576. The van der Waals surface area contributed by atoms with Crippen LogP contribution in [0.25, 0.3) is 4.96 Å². The van der Waals surface area contributed by atoms with Gasteiger partial charge in [0.2, 0.25) is 5.82 Å². The topological polar surface area (TPSA) is 90.3 Å². The zero-order chi connectivity index (χ0) is 15.0. The number of rotatable bonds is 5. The van der Waals surface area contributed by atoms with Crippen molar-refractivity contribution in [2.24, 2.45) is 7.05 Å². The van der Waals surface area contributed by atoms with Gasteiger partial charge in [0.05, 0.1) is 5.69 Å². The summed E-state index contributed by atoms with van der Waals surface area (Å²) in [5.41, 5.74) is 2.00. The Labute approximate surface area is 124 Å². The number of nitrogens with one attached hydrogen (secondary N) is 1. The molecule has 3 aromatic rings. The number of thiazole rings is 1. The third kappa shape index (κ3) is 2.35. The molecular formula is C12H14N6O2S. The summed E-state index contributed by atoms with van der Waals surface area (Å²) in [6.45, 7) is 2.49. The summed E-state index contributed by atoms with van der Waals surface area (Å²) in [6, 6.07) is 0. The Bertz CT molecular complexity index is 802. The molecule has 0 aromatic carbocycles. The first-order valence-corrected chi connectivity index (χ1v) is 7.33. The van der Waals surface area contributed by atoms with Gasteiger partial charge in [-0.15, -0.1) is 0 Å². The van der Waals surface area contributed by atoms with Crippen molar-refractivity contribution >= 4 is 27.9 Å². The van der Waals surface area contributed by atoms with Gasteiger partial charge in [-0.2, -0.15) is 14.5 Å². The number of fused-ring (bicyclic) bond motifs is 1. The molecule has 0 amide bonds. The molecule has 0 aliphatic rings. The summed E-state index contributed by atoms with van der Waals surface area (Å²) >= 11 is 1.36. The predicted molar refractivity (Wildman–Crippen MR) is 79.6 cm³/mol. The molecule has 21 heavy (non-hydrogen) atoms. The van der Waals surface area contributed by atoms with E-state index in [9.17, 15) is 10.1 Å². The van der Waals surface area contributed by atoms with Gasteiger partial charge in [0, 0.05) is 30.7 Å². The van der Waals surface area contributed by atoms with E-state index in [4.69, 9.17) is 0 Å². The minimum Gasteiger partial charge on any atom is -0.359 e. The van der Waals surface area contributed by atoms with Crippen LogP contribution in [0.1, 0.15) is 18.2 Å². The number of imidazole rings is 1. The highest BCUT2D eigenvalue weighted by Gasteiger charge is 2.23. The van der Waals surface area contributed by atoms with Gasteiger partial charge < -0.3 is 15.4 Å². The number of aryl methyl sites for hydroxylation is 2. The lowest BCUT2D eigenvalue weighted by atomic mass is 10.2. The molecule has 0 aliphatic heterocycles. The number of nitro groups is 1. The van der Waals surface area contributed by atoms with E-state index in [0.717, 1.165) is 17.7 Å². The van der Waals surface area contributed by atoms with Crippen LogP contribution in [-0.2, 0) is 20.0 Å². The average Bonchev–Trinajstić information content (AvgIpc) is 3.08. The molecule has 3 heterocycles. The molecule has 0 aliphatic carbocycles. The monoisotopic (exact) mass is 306 g/mol. The van der Waals surface area contributed by atoms with Crippen LogP contribution in [0, 0.1) is 10.1 Å². The maximum Gasteiger partial charge on any atom is 0.372 e.